The van der Waals surface area contributed by atoms with E-state index < -0.39 is 4.92 Å². The molecule has 1 rings (SSSR count). The lowest BCUT2D eigenvalue weighted by atomic mass is 10.0. The Morgan fingerprint density at radius 2 is 1.95 bits per heavy atom. The van der Waals surface area contributed by atoms with Gasteiger partial charge in [0.15, 0.2) is 0 Å². The van der Waals surface area contributed by atoms with Crippen LogP contribution >= 0.6 is 0 Å². The average molecular weight is 281 g/mol. The molecular formula is C13H23N5O2. The van der Waals surface area contributed by atoms with Crippen molar-refractivity contribution in [3.05, 3.63) is 16.4 Å². The van der Waals surface area contributed by atoms with Gasteiger partial charge in [-0.2, -0.15) is 0 Å². The molecule has 7 heteroatoms. The van der Waals surface area contributed by atoms with Gasteiger partial charge in [-0.15, -0.1) is 0 Å². The number of rotatable bonds is 8. The molecule has 0 aliphatic heterocycles. The van der Waals surface area contributed by atoms with Gasteiger partial charge in [-0.05, 0) is 26.2 Å². The highest BCUT2D eigenvalue weighted by molar-refractivity contribution is 5.69. The lowest BCUT2D eigenvalue weighted by Gasteiger charge is -2.18. The molecule has 112 valence electrons. The molecule has 0 saturated heterocycles. The van der Waals surface area contributed by atoms with E-state index in [0.29, 0.717) is 12.5 Å². The summed E-state index contributed by atoms with van der Waals surface area (Å²) < 4.78 is 0. The van der Waals surface area contributed by atoms with Crippen molar-refractivity contribution >= 4 is 17.3 Å². The zero-order chi connectivity index (χ0) is 15.1. The maximum absolute atomic E-state index is 11.2. The second-order valence-electron chi connectivity index (χ2n) is 5.00. The molecule has 1 heterocycles. The summed E-state index contributed by atoms with van der Waals surface area (Å²) in [6.07, 6.45) is 3.36. The zero-order valence-corrected chi connectivity index (χ0v) is 12.5. The molecule has 0 amide bonds. The Hall–Kier alpha value is -1.92. The molecule has 2 unspecified atom stereocenters. The first-order valence-electron chi connectivity index (χ1n) is 6.99. The van der Waals surface area contributed by atoms with Gasteiger partial charge in [0.05, 0.1) is 4.92 Å². The van der Waals surface area contributed by atoms with Gasteiger partial charge in [0.1, 0.15) is 6.33 Å². The van der Waals surface area contributed by atoms with Crippen LogP contribution in [0, 0.1) is 16.0 Å². The van der Waals surface area contributed by atoms with Crippen LogP contribution in [-0.4, -0.2) is 27.5 Å². The van der Waals surface area contributed by atoms with Gasteiger partial charge in [-0.25, -0.2) is 9.97 Å². The van der Waals surface area contributed by atoms with E-state index in [1.807, 2.05) is 13.8 Å². The fraction of sp³-hybridized carbons (Fsp3) is 0.692. The number of nitrogens with zero attached hydrogens (tertiary/aromatic N) is 3. The minimum absolute atomic E-state index is 0.0923. The minimum atomic E-state index is -0.448. The number of anilines is 2. The maximum Gasteiger partial charge on any atom is 0.353 e. The predicted molar refractivity (Wildman–Crippen MR) is 80.0 cm³/mol. The van der Waals surface area contributed by atoms with Crippen molar-refractivity contribution in [3.8, 4) is 0 Å². The molecule has 1 aromatic heterocycles. The van der Waals surface area contributed by atoms with Gasteiger partial charge < -0.3 is 10.6 Å². The van der Waals surface area contributed by atoms with Crippen molar-refractivity contribution in [2.75, 3.05) is 17.2 Å². The number of hydrogen-bond acceptors (Lipinski definition) is 6. The molecule has 2 atom stereocenters. The normalized spacial score (nSPS) is 13.6. The number of aromatic nitrogens is 2. The second kappa shape index (κ2) is 7.62. The molecule has 0 aromatic carbocycles. The molecule has 1 aromatic rings. The van der Waals surface area contributed by atoms with Crippen LogP contribution in [0.2, 0.25) is 0 Å². The maximum atomic E-state index is 11.2. The van der Waals surface area contributed by atoms with E-state index in [9.17, 15) is 10.1 Å². The van der Waals surface area contributed by atoms with Crippen LogP contribution in [0.25, 0.3) is 0 Å². The van der Waals surface area contributed by atoms with E-state index >= 15 is 0 Å². The topological polar surface area (TPSA) is 93.0 Å². The van der Waals surface area contributed by atoms with Gasteiger partial charge in [0.2, 0.25) is 11.6 Å². The first-order chi connectivity index (χ1) is 9.49. The Balaban J connectivity index is 2.93. The Morgan fingerprint density at radius 3 is 2.50 bits per heavy atom. The third kappa shape index (κ3) is 4.32. The Kier molecular flexibility index (Phi) is 6.14. The fourth-order valence-electron chi connectivity index (χ4n) is 2.02. The smallest absolute Gasteiger partial charge is 0.353 e. The number of hydrogen-bond donors (Lipinski definition) is 2. The Bertz CT molecular complexity index is 452. The highest BCUT2D eigenvalue weighted by Gasteiger charge is 2.23. The van der Waals surface area contributed by atoms with E-state index in [1.165, 1.54) is 6.33 Å². The third-order valence-electron chi connectivity index (χ3n) is 3.19. The van der Waals surface area contributed by atoms with Crippen molar-refractivity contribution in [2.45, 2.75) is 46.6 Å². The molecule has 0 fully saturated rings. The highest BCUT2D eigenvalue weighted by atomic mass is 16.6. The summed E-state index contributed by atoms with van der Waals surface area (Å²) in [7, 11) is 0. The first kappa shape index (κ1) is 16.1. The summed E-state index contributed by atoms with van der Waals surface area (Å²) in [5.41, 5.74) is -0.0923. The van der Waals surface area contributed by atoms with Crippen molar-refractivity contribution in [2.24, 2.45) is 5.92 Å². The van der Waals surface area contributed by atoms with Crippen molar-refractivity contribution in [1.29, 1.82) is 0 Å². The van der Waals surface area contributed by atoms with E-state index in [1.54, 1.807) is 0 Å². The van der Waals surface area contributed by atoms with Crippen LogP contribution in [0.5, 0.6) is 0 Å². The quantitative estimate of drug-likeness (QED) is 0.562. The van der Waals surface area contributed by atoms with Crippen molar-refractivity contribution < 1.29 is 4.92 Å². The molecule has 0 aliphatic carbocycles. The van der Waals surface area contributed by atoms with Crippen LogP contribution in [-0.2, 0) is 0 Å². The predicted octanol–water partition coefficient (Wildman–Crippen LogP) is 3.05. The van der Waals surface area contributed by atoms with Gasteiger partial charge in [0, 0.05) is 12.6 Å². The molecule has 0 radical (unpaired) electrons. The summed E-state index contributed by atoms with van der Waals surface area (Å²) in [6, 6.07) is 0.119. The molecule has 0 saturated carbocycles. The largest absolute Gasteiger partial charge is 0.364 e. The lowest BCUT2D eigenvalue weighted by molar-refractivity contribution is -0.383. The Labute approximate surface area is 119 Å². The standard InChI is InChI=1S/C13H23N5O2/c1-5-9(3)7-10(4)17-13-11(18(19)20)12(14-6-2)15-8-16-13/h8-10H,5-7H2,1-4H3,(H2,14,15,16,17). The average Bonchev–Trinajstić information content (AvgIpc) is 2.38. The van der Waals surface area contributed by atoms with E-state index in [-0.39, 0.29) is 23.4 Å². The van der Waals surface area contributed by atoms with Crippen LogP contribution in [0.3, 0.4) is 0 Å². The molecule has 0 aliphatic rings. The molecule has 0 spiro atoms. The SMILES string of the molecule is CCNc1ncnc(NC(C)CC(C)CC)c1[N+](=O)[O-]. The fourth-order valence-corrected chi connectivity index (χ4v) is 2.02. The monoisotopic (exact) mass is 281 g/mol. The lowest BCUT2D eigenvalue weighted by Crippen LogP contribution is -2.20. The summed E-state index contributed by atoms with van der Waals surface area (Å²) in [4.78, 5) is 18.7. The summed E-state index contributed by atoms with van der Waals surface area (Å²) in [5, 5.41) is 17.2. The van der Waals surface area contributed by atoms with Crippen molar-refractivity contribution in [1.82, 2.24) is 9.97 Å². The molecule has 0 bridgehead atoms. The minimum Gasteiger partial charge on any atom is -0.364 e. The van der Waals surface area contributed by atoms with E-state index in [4.69, 9.17) is 0 Å². The number of nitro groups is 1. The van der Waals surface area contributed by atoms with Crippen molar-refractivity contribution in [3.63, 3.8) is 0 Å². The summed E-state index contributed by atoms with van der Waals surface area (Å²) in [6.45, 7) is 8.74. The van der Waals surface area contributed by atoms with Gasteiger partial charge in [0.25, 0.3) is 0 Å². The van der Waals surface area contributed by atoms with Gasteiger partial charge in [-0.1, -0.05) is 20.3 Å². The summed E-state index contributed by atoms with van der Waals surface area (Å²) in [5.74, 6) is 1.09. The van der Waals surface area contributed by atoms with Crippen LogP contribution in [0.1, 0.15) is 40.5 Å². The second-order valence-corrected chi connectivity index (χ2v) is 5.00. The number of nitrogens with one attached hydrogen (secondary N) is 2. The first-order valence-corrected chi connectivity index (χ1v) is 6.99. The highest BCUT2D eigenvalue weighted by Crippen LogP contribution is 2.29. The van der Waals surface area contributed by atoms with E-state index in [2.05, 4.69) is 34.4 Å². The third-order valence-corrected chi connectivity index (χ3v) is 3.19. The van der Waals surface area contributed by atoms with Crippen LogP contribution < -0.4 is 10.6 Å². The zero-order valence-electron chi connectivity index (χ0n) is 12.5. The van der Waals surface area contributed by atoms with E-state index in [0.717, 1.165) is 12.8 Å². The van der Waals surface area contributed by atoms with Crippen LogP contribution in [0.4, 0.5) is 17.3 Å². The Morgan fingerprint density at radius 1 is 1.30 bits per heavy atom. The molecule has 7 nitrogen and oxygen atoms in total. The molecule has 20 heavy (non-hydrogen) atoms. The van der Waals surface area contributed by atoms with Gasteiger partial charge >= 0.3 is 5.69 Å². The molecular weight excluding hydrogens is 258 g/mol. The molecule has 2 N–H and O–H groups in total. The summed E-state index contributed by atoms with van der Waals surface area (Å²) >= 11 is 0. The van der Waals surface area contributed by atoms with Crippen LogP contribution in [0.15, 0.2) is 6.33 Å². The van der Waals surface area contributed by atoms with Gasteiger partial charge in [-0.3, -0.25) is 10.1 Å².